The summed E-state index contributed by atoms with van der Waals surface area (Å²) < 4.78 is 25.1. The van der Waals surface area contributed by atoms with Crippen molar-refractivity contribution >= 4 is 5.91 Å². The first-order chi connectivity index (χ1) is 16.2. The van der Waals surface area contributed by atoms with Crippen molar-refractivity contribution in [3.63, 3.8) is 0 Å². The smallest absolute Gasteiger partial charge is 0.254 e. The Morgan fingerprint density at radius 1 is 0.970 bits per heavy atom. The minimum absolute atomic E-state index is 0.0222. The van der Waals surface area contributed by atoms with Gasteiger partial charge in [-0.25, -0.2) is 4.39 Å². The van der Waals surface area contributed by atoms with E-state index in [1.165, 1.54) is 12.1 Å². The third kappa shape index (κ3) is 5.42. The van der Waals surface area contributed by atoms with Gasteiger partial charge in [-0.15, -0.1) is 0 Å². The molecule has 2 fully saturated rings. The van der Waals surface area contributed by atoms with Crippen LogP contribution in [0.2, 0.25) is 0 Å². The molecule has 1 aliphatic heterocycles. The molecular formula is C28H28FNO3. The summed E-state index contributed by atoms with van der Waals surface area (Å²) >= 11 is 0. The molecule has 1 aliphatic carbocycles. The normalized spacial score (nSPS) is 17.7. The minimum Gasteiger partial charge on any atom is -0.491 e. The number of rotatable bonds is 8. The Bertz CT molecular complexity index is 1100. The summed E-state index contributed by atoms with van der Waals surface area (Å²) in [6.45, 7) is 1.93. The number of carbonyl (C=O) groups excluding carboxylic acids is 1. The van der Waals surface area contributed by atoms with Crippen molar-refractivity contribution in [3.05, 3.63) is 89.7 Å². The SMILES string of the molecule is O=C(c1ccc(-c2cccc(F)c2)cc1)N(Cc1cccc(OC[C@@H]2CCCO2)c1)C1CC1. The second-order valence-electron chi connectivity index (χ2n) is 8.85. The van der Waals surface area contributed by atoms with E-state index in [4.69, 9.17) is 9.47 Å². The van der Waals surface area contributed by atoms with Crippen molar-refractivity contribution < 1.29 is 18.7 Å². The zero-order valence-electron chi connectivity index (χ0n) is 18.6. The van der Waals surface area contributed by atoms with Gasteiger partial charge in [0.1, 0.15) is 18.2 Å². The van der Waals surface area contributed by atoms with Crippen LogP contribution in [0.25, 0.3) is 11.1 Å². The molecule has 3 aromatic carbocycles. The Hall–Kier alpha value is -3.18. The van der Waals surface area contributed by atoms with Gasteiger partial charge in [0.25, 0.3) is 5.91 Å². The third-order valence-corrected chi connectivity index (χ3v) is 6.25. The lowest BCUT2D eigenvalue weighted by Crippen LogP contribution is -2.32. The lowest BCUT2D eigenvalue weighted by Gasteiger charge is -2.23. The molecule has 1 saturated carbocycles. The summed E-state index contributed by atoms with van der Waals surface area (Å²) in [4.78, 5) is 15.3. The third-order valence-electron chi connectivity index (χ3n) is 6.25. The Labute approximate surface area is 193 Å². The molecule has 0 N–H and O–H groups in total. The van der Waals surface area contributed by atoms with E-state index in [-0.39, 0.29) is 23.9 Å². The predicted molar refractivity (Wildman–Crippen MR) is 126 cm³/mol. The Morgan fingerprint density at radius 2 is 1.79 bits per heavy atom. The highest BCUT2D eigenvalue weighted by atomic mass is 19.1. The molecule has 1 amide bonds. The van der Waals surface area contributed by atoms with Crippen LogP contribution in [0, 0.1) is 5.82 Å². The molecule has 2 aliphatic rings. The number of benzene rings is 3. The molecule has 0 aromatic heterocycles. The number of hydrogen-bond donors (Lipinski definition) is 0. The van der Waals surface area contributed by atoms with Crippen LogP contribution in [0.5, 0.6) is 5.75 Å². The first-order valence-electron chi connectivity index (χ1n) is 11.7. The minimum atomic E-state index is -0.269. The van der Waals surface area contributed by atoms with Crippen molar-refractivity contribution in [2.45, 2.75) is 44.4 Å². The standard InChI is InChI=1S/C28H28FNO3/c29-24-6-2-5-23(17-24)21-9-11-22(12-10-21)28(31)30(25-13-14-25)18-20-4-1-7-26(16-20)33-19-27-8-3-15-32-27/h1-2,4-7,9-12,16-17,25,27H,3,8,13-15,18-19H2/t27-/m0/s1. The van der Waals surface area contributed by atoms with Gasteiger partial charge in [-0.3, -0.25) is 4.79 Å². The van der Waals surface area contributed by atoms with E-state index >= 15 is 0 Å². The molecule has 33 heavy (non-hydrogen) atoms. The highest BCUT2D eigenvalue weighted by molar-refractivity contribution is 5.95. The summed E-state index contributed by atoms with van der Waals surface area (Å²) in [5, 5.41) is 0. The molecule has 1 heterocycles. The first-order valence-corrected chi connectivity index (χ1v) is 11.7. The van der Waals surface area contributed by atoms with E-state index in [1.807, 2.05) is 59.5 Å². The number of halogens is 1. The quantitative estimate of drug-likeness (QED) is 0.436. The molecule has 1 atom stereocenters. The lowest BCUT2D eigenvalue weighted by atomic mass is 10.0. The number of carbonyl (C=O) groups is 1. The van der Waals surface area contributed by atoms with Crippen molar-refractivity contribution in [2.24, 2.45) is 0 Å². The van der Waals surface area contributed by atoms with Gasteiger partial charge in [0.15, 0.2) is 0 Å². The van der Waals surface area contributed by atoms with Crippen LogP contribution >= 0.6 is 0 Å². The van der Waals surface area contributed by atoms with Crippen LogP contribution in [0.3, 0.4) is 0 Å². The van der Waals surface area contributed by atoms with Crippen molar-refractivity contribution in [3.8, 4) is 16.9 Å². The maximum atomic E-state index is 13.5. The maximum absolute atomic E-state index is 13.5. The average molecular weight is 446 g/mol. The highest BCUT2D eigenvalue weighted by Crippen LogP contribution is 2.31. The van der Waals surface area contributed by atoms with Crippen LogP contribution in [-0.2, 0) is 11.3 Å². The van der Waals surface area contributed by atoms with Gasteiger partial charge in [0, 0.05) is 24.8 Å². The number of amides is 1. The molecule has 0 spiro atoms. The van der Waals surface area contributed by atoms with E-state index in [0.29, 0.717) is 18.7 Å². The van der Waals surface area contributed by atoms with Gasteiger partial charge < -0.3 is 14.4 Å². The lowest BCUT2D eigenvalue weighted by molar-refractivity contribution is 0.0678. The summed E-state index contributed by atoms with van der Waals surface area (Å²) in [5.74, 6) is 0.564. The monoisotopic (exact) mass is 445 g/mol. The topological polar surface area (TPSA) is 38.8 Å². The largest absolute Gasteiger partial charge is 0.491 e. The second-order valence-corrected chi connectivity index (χ2v) is 8.85. The van der Waals surface area contributed by atoms with Crippen LogP contribution in [0.1, 0.15) is 41.6 Å². The van der Waals surface area contributed by atoms with Crippen LogP contribution < -0.4 is 4.74 Å². The Kier molecular flexibility index (Phi) is 6.40. The molecule has 0 radical (unpaired) electrons. The number of hydrogen-bond acceptors (Lipinski definition) is 3. The summed E-state index contributed by atoms with van der Waals surface area (Å²) in [5.41, 5.74) is 3.39. The molecule has 3 aromatic rings. The van der Waals surface area contributed by atoms with E-state index < -0.39 is 0 Å². The van der Waals surface area contributed by atoms with E-state index in [1.54, 1.807) is 6.07 Å². The predicted octanol–water partition coefficient (Wildman–Crippen LogP) is 5.86. The molecule has 1 saturated heterocycles. The summed E-state index contributed by atoms with van der Waals surface area (Å²) in [7, 11) is 0. The fourth-order valence-electron chi connectivity index (χ4n) is 4.29. The van der Waals surface area contributed by atoms with Crippen LogP contribution in [0.15, 0.2) is 72.8 Å². The molecular weight excluding hydrogens is 417 g/mol. The molecule has 170 valence electrons. The fourth-order valence-corrected chi connectivity index (χ4v) is 4.29. The Morgan fingerprint density at radius 3 is 2.52 bits per heavy atom. The van der Waals surface area contributed by atoms with Gasteiger partial charge in [-0.1, -0.05) is 36.4 Å². The number of nitrogens with zero attached hydrogens (tertiary/aromatic N) is 1. The molecule has 5 heteroatoms. The molecule has 4 nitrogen and oxygen atoms in total. The van der Waals surface area contributed by atoms with Gasteiger partial charge in [-0.05, 0) is 78.8 Å². The van der Waals surface area contributed by atoms with Gasteiger partial charge in [0.2, 0.25) is 0 Å². The second kappa shape index (κ2) is 9.75. The van der Waals surface area contributed by atoms with Gasteiger partial charge >= 0.3 is 0 Å². The van der Waals surface area contributed by atoms with Crippen LogP contribution in [-0.4, -0.2) is 36.2 Å². The van der Waals surface area contributed by atoms with Crippen molar-refractivity contribution in [1.29, 1.82) is 0 Å². The molecule has 5 rings (SSSR count). The van der Waals surface area contributed by atoms with Gasteiger partial charge in [0.05, 0.1) is 6.10 Å². The van der Waals surface area contributed by atoms with Gasteiger partial charge in [-0.2, -0.15) is 0 Å². The maximum Gasteiger partial charge on any atom is 0.254 e. The first kappa shape index (κ1) is 21.7. The number of ether oxygens (including phenoxy) is 2. The Balaban J connectivity index is 1.27. The fraction of sp³-hybridized carbons (Fsp3) is 0.321. The highest BCUT2D eigenvalue weighted by Gasteiger charge is 2.33. The van der Waals surface area contributed by atoms with Crippen molar-refractivity contribution in [1.82, 2.24) is 4.90 Å². The average Bonchev–Trinajstić information content (AvgIpc) is 3.55. The van der Waals surface area contributed by atoms with E-state index in [2.05, 4.69) is 0 Å². The van der Waals surface area contributed by atoms with Crippen molar-refractivity contribution in [2.75, 3.05) is 13.2 Å². The summed E-state index contributed by atoms with van der Waals surface area (Å²) in [6.07, 6.45) is 4.37. The zero-order chi connectivity index (χ0) is 22.6. The molecule has 0 unspecified atom stereocenters. The van der Waals surface area contributed by atoms with E-state index in [0.717, 1.165) is 54.7 Å². The van der Waals surface area contributed by atoms with E-state index in [9.17, 15) is 9.18 Å². The van der Waals surface area contributed by atoms with Crippen LogP contribution in [0.4, 0.5) is 4.39 Å². The zero-order valence-corrected chi connectivity index (χ0v) is 18.6. The molecule has 0 bridgehead atoms. The summed E-state index contributed by atoms with van der Waals surface area (Å²) in [6, 6.07) is 22.2.